The van der Waals surface area contributed by atoms with E-state index in [4.69, 9.17) is 11.6 Å². The number of rotatable bonds is 6. The maximum atomic E-state index is 11.2. The molecule has 2 rings (SSSR count). The zero-order chi connectivity index (χ0) is 16.7. The van der Waals surface area contributed by atoms with Crippen molar-refractivity contribution in [3.8, 4) is 0 Å². The highest BCUT2D eigenvalue weighted by Gasteiger charge is 2.22. The van der Waals surface area contributed by atoms with Crippen molar-refractivity contribution >= 4 is 23.4 Å². The molecule has 0 spiro atoms. The fourth-order valence-corrected chi connectivity index (χ4v) is 3.17. The summed E-state index contributed by atoms with van der Waals surface area (Å²) in [5.41, 5.74) is 2.41. The number of halogens is 1. The molecule has 1 unspecified atom stereocenters. The molecule has 2 N–H and O–H groups in total. The minimum Gasteiger partial charge on any atom is -0.453 e. The summed E-state index contributed by atoms with van der Waals surface area (Å²) in [7, 11) is 1.38. The van der Waals surface area contributed by atoms with Gasteiger partial charge < -0.3 is 20.3 Å². The van der Waals surface area contributed by atoms with Gasteiger partial charge in [-0.25, -0.2) is 4.79 Å². The molecular weight excluding hydrogens is 314 g/mol. The second-order valence-electron chi connectivity index (χ2n) is 5.90. The van der Waals surface area contributed by atoms with Crippen LogP contribution in [0.15, 0.2) is 18.2 Å². The lowest BCUT2D eigenvalue weighted by Gasteiger charge is -2.37. The van der Waals surface area contributed by atoms with Gasteiger partial charge in [-0.3, -0.25) is 0 Å². The SMILES string of the molecule is COC(=O)NCCCN(c1cc(Cl)ccc1C)C1CCCNC1. The number of methoxy groups -OCH3 is 1. The van der Waals surface area contributed by atoms with Gasteiger partial charge in [-0.15, -0.1) is 0 Å². The predicted octanol–water partition coefficient (Wildman–Crippen LogP) is 2.95. The van der Waals surface area contributed by atoms with Gasteiger partial charge in [-0.1, -0.05) is 17.7 Å². The number of amides is 1. The number of nitrogens with zero attached hydrogens (tertiary/aromatic N) is 1. The largest absolute Gasteiger partial charge is 0.453 e. The van der Waals surface area contributed by atoms with Gasteiger partial charge in [0, 0.05) is 36.4 Å². The number of hydrogen-bond donors (Lipinski definition) is 2. The first-order valence-corrected chi connectivity index (χ1v) is 8.55. The quantitative estimate of drug-likeness (QED) is 0.782. The van der Waals surface area contributed by atoms with Gasteiger partial charge >= 0.3 is 6.09 Å². The highest BCUT2D eigenvalue weighted by molar-refractivity contribution is 6.30. The van der Waals surface area contributed by atoms with Crippen LogP contribution in [-0.2, 0) is 4.74 Å². The summed E-state index contributed by atoms with van der Waals surface area (Å²) in [5.74, 6) is 0. The third kappa shape index (κ3) is 5.29. The predicted molar refractivity (Wildman–Crippen MR) is 94.5 cm³/mol. The summed E-state index contributed by atoms with van der Waals surface area (Å²) in [4.78, 5) is 13.6. The Labute approximate surface area is 143 Å². The molecule has 1 aliphatic rings. The fourth-order valence-electron chi connectivity index (χ4n) is 3.00. The molecule has 1 heterocycles. The third-order valence-electron chi connectivity index (χ3n) is 4.22. The Morgan fingerprint density at radius 2 is 2.35 bits per heavy atom. The molecule has 0 aromatic heterocycles. The van der Waals surface area contributed by atoms with Crippen molar-refractivity contribution in [1.29, 1.82) is 0 Å². The summed E-state index contributed by atoms with van der Waals surface area (Å²) in [6.45, 7) is 5.65. The van der Waals surface area contributed by atoms with Crippen molar-refractivity contribution < 1.29 is 9.53 Å². The molecule has 6 heteroatoms. The van der Waals surface area contributed by atoms with Crippen LogP contribution in [0.25, 0.3) is 0 Å². The van der Waals surface area contributed by atoms with Gasteiger partial charge in [-0.2, -0.15) is 0 Å². The Bertz CT molecular complexity index is 519. The Morgan fingerprint density at radius 1 is 1.52 bits per heavy atom. The second-order valence-corrected chi connectivity index (χ2v) is 6.33. The summed E-state index contributed by atoms with van der Waals surface area (Å²) in [6, 6.07) is 6.49. The number of ether oxygens (including phenoxy) is 1. The second kappa shape index (κ2) is 8.99. The molecule has 5 nitrogen and oxygen atoms in total. The molecular formula is C17H26ClN3O2. The average molecular weight is 340 g/mol. The number of benzene rings is 1. The van der Waals surface area contributed by atoms with Crippen LogP contribution in [0, 0.1) is 6.92 Å². The molecule has 0 radical (unpaired) electrons. The standard InChI is InChI=1S/C17H26ClN3O2/c1-13-6-7-14(18)11-16(13)21(15-5-3-8-19-12-15)10-4-9-20-17(22)23-2/h6-7,11,15,19H,3-5,8-10,12H2,1-2H3,(H,20,22). The van der Waals surface area contributed by atoms with Gasteiger partial charge in [0.15, 0.2) is 0 Å². The molecule has 0 bridgehead atoms. The number of carbonyl (C=O) groups is 1. The Kier molecular flexibility index (Phi) is 6.99. The minimum absolute atomic E-state index is 0.380. The van der Waals surface area contributed by atoms with E-state index in [0.717, 1.165) is 31.1 Å². The zero-order valence-electron chi connectivity index (χ0n) is 13.9. The minimum atomic E-state index is -0.380. The van der Waals surface area contributed by atoms with Crippen molar-refractivity contribution in [2.24, 2.45) is 0 Å². The van der Waals surface area contributed by atoms with Crippen molar-refractivity contribution in [3.63, 3.8) is 0 Å². The molecule has 128 valence electrons. The molecule has 1 atom stereocenters. The molecule has 23 heavy (non-hydrogen) atoms. The molecule has 0 saturated carbocycles. The van der Waals surface area contributed by atoms with Crippen LogP contribution in [0.5, 0.6) is 0 Å². The summed E-state index contributed by atoms with van der Waals surface area (Å²) in [6.07, 6.45) is 2.83. The lowest BCUT2D eigenvalue weighted by molar-refractivity contribution is 0.171. The number of hydrogen-bond acceptors (Lipinski definition) is 4. The fraction of sp³-hybridized carbons (Fsp3) is 0.588. The van der Waals surface area contributed by atoms with E-state index in [-0.39, 0.29) is 6.09 Å². The van der Waals surface area contributed by atoms with E-state index < -0.39 is 0 Å². The summed E-state index contributed by atoms with van der Waals surface area (Å²) in [5, 5.41) is 6.97. The molecule has 1 amide bonds. The van der Waals surface area contributed by atoms with Crippen LogP contribution in [0.1, 0.15) is 24.8 Å². The molecule has 1 saturated heterocycles. The number of anilines is 1. The number of nitrogens with one attached hydrogen (secondary N) is 2. The highest BCUT2D eigenvalue weighted by atomic mass is 35.5. The summed E-state index contributed by atoms with van der Waals surface area (Å²) >= 11 is 6.21. The average Bonchev–Trinajstić information content (AvgIpc) is 2.58. The maximum Gasteiger partial charge on any atom is 0.406 e. The Balaban J connectivity index is 2.05. The first kappa shape index (κ1) is 17.9. The Morgan fingerprint density at radius 3 is 3.04 bits per heavy atom. The van der Waals surface area contributed by atoms with Crippen LogP contribution >= 0.6 is 11.6 Å². The smallest absolute Gasteiger partial charge is 0.406 e. The monoisotopic (exact) mass is 339 g/mol. The van der Waals surface area contributed by atoms with Crippen molar-refractivity contribution in [1.82, 2.24) is 10.6 Å². The van der Waals surface area contributed by atoms with E-state index in [2.05, 4.69) is 33.3 Å². The zero-order valence-corrected chi connectivity index (χ0v) is 14.7. The van der Waals surface area contributed by atoms with Gasteiger partial charge in [0.2, 0.25) is 0 Å². The Hall–Kier alpha value is -1.46. The van der Waals surface area contributed by atoms with E-state index in [1.54, 1.807) is 0 Å². The van der Waals surface area contributed by atoms with Crippen molar-refractivity contribution in [3.05, 3.63) is 28.8 Å². The van der Waals surface area contributed by atoms with Crippen molar-refractivity contribution in [2.45, 2.75) is 32.2 Å². The lowest BCUT2D eigenvalue weighted by Crippen LogP contribution is -2.47. The first-order valence-electron chi connectivity index (χ1n) is 8.17. The lowest BCUT2D eigenvalue weighted by atomic mass is 10.0. The molecule has 0 aliphatic carbocycles. The normalized spacial score (nSPS) is 17.6. The highest BCUT2D eigenvalue weighted by Crippen LogP contribution is 2.28. The van der Waals surface area contributed by atoms with Crippen LogP contribution in [0.3, 0.4) is 0 Å². The molecule has 1 aliphatic heterocycles. The number of carbonyl (C=O) groups excluding carboxylic acids is 1. The van der Waals surface area contributed by atoms with E-state index in [1.807, 2.05) is 12.1 Å². The van der Waals surface area contributed by atoms with E-state index in [0.29, 0.717) is 12.6 Å². The van der Waals surface area contributed by atoms with Crippen LogP contribution in [0.4, 0.5) is 10.5 Å². The van der Waals surface area contributed by atoms with Gasteiger partial charge in [0.1, 0.15) is 0 Å². The maximum absolute atomic E-state index is 11.2. The molecule has 1 aromatic carbocycles. The van der Waals surface area contributed by atoms with Crippen LogP contribution in [0.2, 0.25) is 5.02 Å². The first-order chi connectivity index (χ1) is 11.1. The van der Waals surface area contributed by atoms with Gasteiger partial charge in [0.25, 0.3) is 0 Å². The van der Waals surface area contributed by atoms with Gasteiger partial charge in [-0.05, 0) is 50.4 Å². The topological polar surface area (TPSA) is 53.6 Å². The van der Waals surface area contributed by atoms with Gasteiger partial charge in [0.05, 0.1) is 7.11 Å². The van der Waals surface area contributed by atoms with Crippen LogP contribution < -0.4 is 15.5 Å². The third-order valence-corrected chi connectivity index (χ3v) is 4.46. The molecule has 1 aromatic rings. The summed E-state index contributed by atoms with van der Waals surface area (Å²) < 4.78 is 4.60. The van der Waals surface area contributed by atoms with Crippen molar-refractivity contribution in [2.75, 3.05) is 38.2 Å². The van der Waals surface area contributed by atoms with E-state index in [9.17, 15) is 4.79 Å². The van der Waals surface area contributed by atoms with E-state index in [1.165, 1.54) is 31.2 Å². The molecule has 1 fully saturated rings. The number of aryl methyl sites for hydroxylation is 1. The van der Waals surface area contributed by atoms with Crippen LogP contribution in [-0.4, -0.2) is 45.4 Å². The number of alkyl carbamates (subject to hydrolysis) is 1. The van der Waals surface area contributed by atoms with E-state index >= 15 is 0 Å². The number of piperidine rings is 1.